The van der Waals surface area contributed by atoms with E-state index in [2.05, 4.69) is 42.4 Å². The predicted molar refractivity (Wildman–Crippen MR) is 78.1 cm³/mol. The highest BCUT2D eigenvalue weighted by atomic mass is 16.1. The van der Waals surface area contributed by atoms with Crippen molar-refractivity contribution in [2.75, 3.05) is 58.9 Å². The molecule has 0 fully saturated rings. The van der Waals surface area contributed by atoms with Crippen molar-refractivity contribution in [2.45, 2.75) is 27.7 Å². The molecule has 0 radical (unpaired) electrons. The Hall–Kier alpha value is -0.450. The van der Waals surface area contributed by atoms with E-state index in [0.29, 0.717) is 6.54 Å². The molecular formula is C14H31N3O. The minimum absolute atomic E-state index is 0.558. The normalized spacial score (nSPS) is 11.7. The van der Waals surface area contributed by atoms with E-state index in [1.165, 1.54) is 0 Å². The Bertz CT molecular complexity index is 175. The Morgan fingerprint density at radius 3 is 1.28 bits per heavy atom. The van der Waals surface area contributed by atoms with E-state index < -0.39 is 0 Å². The van der Waals surface area contributed by atoms with Gasteiger partial charge >= 0.3 is 0 Å². The number of carbonyl (C=O) groups is 1. The van der Waals surface area contributed by atoms with Crippen LogP contribution in [0.3, 0.4) is 0 Å². The van der Waals surface area contributed by atoms with Crippen LogP contribution < -0.4 is 0 Å². The standard InChI is InChI=1S/C14H31N3O/c1-5-15(6-2)9-11-17(13-14-18)12-10-16(7-3)8-4/h14H,5-13H2,1-4H3. The van der Waals surface area contributed by atoms with Crippen molar-refractivity contribution < 1.29 is 4.79 Å². The Morgan fingerprint density at radius 1 is 0.667 bits per heavy atom. The molecule has 0 heterocycles. The minimum Gasteiger partial charge on any atom is -0.303 e. The lowest BCUT2D eigenvalue weighted by atomic mass is 10.4. The first-order valence-corrected chi connectivity index (χ1v) is 7.32. The number of carbonyl (C=O) groups excluding carboxylic acids is 1. The summed E-state index contributed by atoms with van der Waals surface area (Å²) < 4.78 is 0. The molecule has 0 bridgehead atoms. The van der Waals surface area contributed by atoms with Crippen molar-refractivity contribution in [2.24, 2.45) is 0 Å². The monoisotopic (exact) mass is 257 g/mol. The maximum atomic E-state index is 10.7. The molecule has 0 N–H and O–H groups in total. The third-order valence-electron chi connectivity index (χ3n) is 3.59. The number of aldehydes is 1. The summed E-state index contributed by atoms with van der Waals surface area (Å²) in [7, 11) is 0. The second kappa shape index (κ2) is 11.6. The predicted octanol–water partition coefficient (Wildman–Crippen LogP) is 1.17. The van der Waals surface area contributed by atoms with Gasteiger partial charge in [0.2, 0.25) is 0 Å². The van der Waals surface area contributed by atoms with Crippen molar-refractivity contribution in [3.05, 3.63) is 0 Å². The maximum absolute atomic E-state index is 10.7. The molecule has 0 amide bonds. The van der Waals surface area contributed by atoms with Gasteiger partial charge in [0.25, 0.3) is 0 Å². The summed E-state index contributed by atoms with van der Waals surface area (Å²) in [4.78, 5) is 17.8. The molecule has 0 saturated heterocycles. The summed E-state index contributed by atoms with van der Waals surface area (Å²) >= 11 is 0. The second-order valence-corrected chi connectivity index (χ2v) is 4.52. The quantitative estimate of drug-likeness (QED) is 0.490. The van der Waals surface area contributed by atoms with E-state index in [0.717, 1.165) is 58.6 Å². The third-order valence-corrected chi connectivity index (χ3v) is 3.59. The number of hydrogen-bond donors (Lipinski definition) is 0. The number of rotatable bonds is 12. The van der Waals surface area contributed by atoms with Crippen LogP contribution in [0, 0.1) is 0 Å². The average Bonchev–Trinajstić information content (AvgIpc) is 2.40. The van der Waals surface area contributed by atoms with Crippen molar-refractivity contribution >= 4 is 6.29 Å². The van der Waals surface area contributed by atoms with Crippen LogP contribution in [0.1, 0.15) is 27.7 Å². The van der Waals surface area contributed by atoms with Crippen LogP contribution in [-0.4, -0.2) is 79.9 Å². The van der Waals surface area contributed by atoms with Crippen LogP contribution in [0.5, 0.6) is 0 Å². The molecule has 108 valence electrons. The zero-order chi connectivity index (χ0) is 13.8. The molecule has 4 nitrogen and oxygen atoms in total. The van der Waals surface area contributed by atoms with Gasteiger partial charge in [-0.1, -0.05) is 27.7 Å². The Balaban J connectivity index is 4.01. The SMILES string of the molecule is CCN(CC)CCN(CC=O)CCN(CC)CC. The molecule has 0 saturated carbocycles. The maximum Gasteiger partial charge on any atom is 0.133 e. The zero-order valence-electron chi connectivity index (χ0n) is 12.7. The first-order valence-electron chi connectivity index (χ1n) is 7.32. The molecule has 0 unspecified atom stereocenters. The first kappa shape index (κ1) is 17.6. The second-order valence-electron chi connectivity index (χ2n) is 4.52. The highest BCUT2D eigenvalue weighted by Crippen LogP contribution is 1.94. The van der Waals surface area contributed by atoms with Gasteiger partial charge in [-0.05, 0) is 26.2 Å². The van der Waals surface area contributed by atoms with E-state index in [1.807, 2.05) is 0 Å². The zero-order valence-corrected chi connectivity index (χ0v) is 12.7. The lowest BCUT2D eigenvalue weighted by Crippen LogP contribution is -2.40. The largest absolute Gasteiger partial charge is 0.303 e. The van der Waals surface area contributed by atoms with Crippen LogP contribution in [0.4, 0.5) is 0 Å². The molecule has 18 heavy (non-hydrogen) atoms. The fourth-order valence-electron chi connectivity index (χ4n) is 2.05. The van der Waals surface area contributed by atoms with Gasteiger partial charge in [0.15, 0.2) is 0 Å². The van der Waals surface area contributed by atoms with E-state index in [9.17, 15) is 4.79 Å². The van der Waals surface area contributed by atoms with Crippen LogP contribution in [0.15, 0.2) is 0 Å². The average molecular weight is 257 g/mol. The van der Waals surface area contributed by atoms with Gasteiger partial charge in [0.05, 0.1) is 6.54 Å². The highest BCUT2D eigenvalue weighted by Gasteiger charge is 2.08. The Labute approximate surface area is 113 Å². The van der Waals surface area contributed by atoms with Crippen molar-refractivity contribution in [3.63, 3.8) is 0 Å². The third kappa shape index (κ3) is 7.80. The Kier molecular flexibility index (Phi) is 11.3. The van der Waals surface area contributed by atoms with Crippen molar-refractivity contribution in [1.82, 2.24) is 14.7 Å². The molecule has 4 heteroatoms. The summed E-state index contributed by atoms with van der Waals surface area (Å²) in [6, 6.07) is 0. The summed E-state index contributed by atoms with van der Waals surface area (Å²) in [5.74, 6) is 0. The summed E-state index contributed by atoms with van der Waals surface area (Å²) in [5, 5.41) is 0. The number of nitrogens with zero attached hydrogens (tertiary/aromatic N) is 3. The lowest BCUT2D eigenvalue weighted by molar-refractivity contribution is -0.109. The molecule has 0 atom stereocenters. The molecule has 0 aromatic carbocycles. The van der Waals surface area contributed by atoms with E-state index in [-0.39, 0.29) is 0 Å². The Morgan fingerprint density at radius 2 is 1.00 bits per heavy atom. The van der Waals surface area contributed by atoms with Crippen LogP contribution in [0.25, 0.3) is 0 Å². The fraction of sp³-hybridized carbons (Fsp3) is 0.929. The van der Waals surface area contributed by atoms with Gasteiger partial charge in [0, 0.05) is 26.2 Å². The molecule has 0 rings (SSSR count). The number of hydrogen-bond acceptors (Lipinski definition) is 4. The smallest absolute Gasteiger partial charge is 0.133 e. The minimum atomic E-state index is 0.558. The molecule has 0 aliphatic carbocycles. The van der Waals surface area contributed by atoms with Gasteiger partial charge in [-0.3, -0.25) is 4.90 Å². The van der Waals surface area contributed by atoms with E-state index >= 15 is 0 Å². The molecule has 0 aliphatic rings. The van der Waals surface area contributed by atoms with Gasteiger partial charge in [-0.15, -0.1) is 0 Å². The summed E-state index contributed by atoms with van der Waals surface area (Å²) in [6.45, 7) is 17.7. The molecule has 0 aromatic heterocycles. The van der Waals surface area contributed by atoms with Crippen molar-refractivity contribution in [1.29, 1.82) is 0 Å². The van der Waals surface area contributed by atoms with Crippen LogP contribution >= 0.6 is 0 Å². The first-order chi connectivity index (χ1) is 8.71. The molecule has 0 spiro atoms. The van der Waals surface area contributed by atoms with Gasteiger partial charge in [-0.25, -0.2) is 0 Å². The molecule has 0 aliphatic heterocycles. The summed E-state index contributed by atoms with van der Waals surface area (Å²) in [6.07, 6.45) is 1.02. The van der Waals surface area contributed by atoms with Crippen LogP contribution in [0.2, 0.25) is 0 Å². The topological polar surface area (TPSA) is 26.8 Å². The van der Waals surface area contributed by atoms with Crippen LogP contribution in [-0.2, 0) is 4.79 Å². The summed E-state index contributed by atoms with van der Waals surface area (Å²) in [5.41, 5.74) is 0. The lowest BCUT2D eigenvalue weighted by Gasteiger charge is -2.27. The molecule has 0 aromatic rings. The fourth-order valence-corrected chi connectivity index (χ4v) is 2.05. The van der Waals surface area contributed by atoms with Gasteiger partial charge in [-0.2, -0.15) is 0 Å². The van der Waals surface area contributed by atoms with Gasteiger partial charge < -0.3 is 14.6 Å². The van der Waals surface area contributed by atoms with E-state index in [4.69, 9.17) is 0 Å². The highest BCUT2D eigenvalue weighted by molar-refractivity contribution is 5.51. The van der Waals surface area contributed by atoms with E-state index in [1.54, 1.807) is 0 Å². The van der Waals surface area contributed by atoms with Crippen molar-refractivity contribution in [3.8, 4) is 0 Å². The number of likely N-dealkylation sites (N-methyl/N-ethyl adjacent to an activating group) is 2. The van der Waals surface area contributed by atoms with Gasteiger partial charge in [0.1, 0.15) is 6.29 Å². The molecular weight excluding hydrogens is 226 g/mol.